The first-order valence-electron chi connectivity index (χ1n) is 9.01. The second kappa shape index (κ2) is 4.77. The van der Waals surface area contributed by atoms with E-state index in [9.17, 15) is 5.11 Å². The Morgan fingerprint density at radius 2 is 1.90 bits per heavy atom. The predicted molar refractivity (Wildman–Crippen MR) is 90.5 cm³/mol. The number of aliphatic hydroxyl groups is 1. The average Bonchev–Trinajstić information content (AvgIpc) is 2.76. The molecule has 4 aliphatic rings. The number of hydrogen-bond donors (Lipinski definition) is 2. The van der Waals surface area contributed by atoms with Gasteiger partial charge in [-0.2, -0.15) is 12.6 Å². The summed E-state index contributed by atoms with van der Waals surface area (Å²) < 4.78 is 0. The molecular formula is C19H30OS. The van der Waals surface area contributed by atoms with Crippen molar-refractivity contribution in [3.8, 4) is 0 Å². The SMILES string of the molecule is C[C@]12CCC(S)CC1=CC[C@@H]1[C@H]2CC[C@]2(C)C(O)CC[C@@H]12. The molecule has 2 unspecified atom stereocenters. The normalized spacial score (nSPS) is 56.2. The smallest absolute Gasteiger partial charge is 0.0596 e. The van der Waals surface area contributed by atoms with E-state index >= 15 is 0 Å². The van der Waals surface area contributed by atoms with Crippen LogP contribution in [0.25, 0.3) is 0 Å². The number of thiol groups is 1. The number of allylic oxidation sites excluding steroid dienone is 2. The van der Waals surface area contributed by atoms with Gasteiger partial charge in [-0.05, 0) is 80.0 Å². The molecule has 118 valence electrons. The number of aliphatic hydroxyl groups excluding tert-OH is 1. The van der Waals surface area contributed by atoms with Crippen LogP contribution in [0.1, 0.15) is 65.2 Å². The van der Waals surface area contributed by atoms with Crippen molar-refractivity contribution < 1.29 is 5.11 Å². The molecule has 3 saturated carbocycles. The van der Waals surface area contributed by atoms with Gasteiger partial charge < -0.3 is 5.11 Å². The molecule has 0 spiro atoms. The van der Waals surface area contributed by atoms with Crippen LogP contribution in [0.3, 0.4) is 0 Å². The minimum Gasteiger partial charge on any atom is -0.393 e. The van der Waals surface area contributed by atoms with E-state index in [1.807, 2.05) is 0 Å². The molecule has 4 rings (SSSR count). The molecule has 0 aliphatic heterocycles. The Hall–Kier alpha value is 0.0500. The first kappa shape index (κ1) is 14.6. The fourth-order valence-corrected chi connectivity index (χ4v) is 6.94. The summed E-state index contributed by atoms with van der Waals surface area (Å²) in [7, 11) is 0. The van der Waals surface area contributed by atoms with Gasteiger partial charge in [-0.1, -0.05) is 25.5 Å². The van der Waals surface area contributed by atoms with Gasteiger partial charge in [0.15, 0.2) is 0 Å². The van der Waals surface area contributed by atoms with Crippen molar-refractivity contribution in [1.29, 1.82) is 0 Å². The van der Waals surface area contributed by atoms with Gasteiger partial charge in [-0.25, -0.2) is 0 Å². The molecule has 0 heterocycles. The zero-order chi connectivity index (χ0) is 14.8. The highest BCUT2D eigenvalue weighted by atomic mass is 32.1. The van der Waals surface area contributed by atoms with Gasteiger partial charge in [0, 0.05) is 5.25 Å². The summed E-state index contributed by atoms with van der Waals surface area (Å²) >= 11 is 4.75. The third kappa shape index (κ3) is 1.94. The van der Waals surface area contributed by atoms with E-state index in [0.29, 0.717) is 10.7 Å². The van der Waals surface area contributed by atoms with Crippen LogP contribution in [0.15, 0.2) is 11.6 Å². The maximum Gasteiger partial charge on any atom is 0.0596 e. The molecule has 3 fully saturated rings. The molecule has 7 atom stereocenters. The molecular weight excluding hydrogens is 276 g/mol. The van der Waals surface area contributed by atoms with Gasteiger partial charge in [-0.15, -0.1) is 0 Å². The zero-order valence-corrected chi connectivity index (χ0v) is 14.4. The van der Waals surface area contributed by atoms with Crippen LogP contribution in [-0.2, 0) is 0 Å². The molecule has 1 N–H and O–H groups in total. The van der Waals surface area contributed by atoms with Gasteiger partial charge in [0.25, 0.3) is 0 Å². The highest BCUT2D eigenvalue weighted by Crippen LogP contribution is 2.64. The van der Waals surface area contributed by atoms with Crippen LogP contribution in [-0.4, -0.2) is 16.5 Å². The van der Waals surface area contributed by atoms with Gasteiger partial charge in [-0.3, -0.25) is 0 Å². The highest BCUT2D eigenvalue weighted by molar-refractivity contribution is 7.80. The van der Waals surface area contributed by atoms with E-state index in [1.165, 1.54) is 44.9 Å². The lowest BCUT2D eigenvalue weighted by Gasteiger charge is -2.57. The Bertz CT molecular complexity index is 472. The first-order chi connectivity index (χ1) is 9.95. The van der Waals surface area contributed by atoms with Crippen LogP contribution in [0, 0.1) is 28.6 Å². The molecule has 0 bridgehead atoms. The molecule has 0 aromatic rings. The first-order valence-corrected chi connectivity index (χ1v) is 9.52. The van der Waals surface area contributed by atoms with Gasteiger partial charge in [0.1, 0.15) is 0 Å². The molecule has 2 heteroatoms. The summed E-state index contributed by atoms with van der Waals surface area (Å²) in [4.78, 5) is 0. The minimum absolute atomic E-state index is 0.0465. The van der Waals surface area contributed by atoms with Crippen LogP contribution in [0.4, 0.5) is 0 Å². The van der Waals surface area contributed by atoms with E-state index in [0.717, 1.165) is 24.2 Å². The Morgan fingerprint density at radius 1 is 1.10 bits per heavy atom. The van der Waals surface area contributed by atoms with Crippen LogP contribution >= 0.6 is 12.6 Å². The third-order valence-electron chi connectivity index (χ3n) is 8.03. The maximum atomic E-state index is 10.5. The van der Waals surface area contributed by atoms with Crippen LogP contribution in [0.2, 0.25) is 0 Å². The van der Waals surface area contributed by atoms with Gasteiger partial charge in [0.05, 0.1) is 6.10 Å². The summed E-state index contributed by atoms with van der Waals surface area (Å²) in [5.41, 5.74) is 2.37. The van der Waals surface area contributed by atoms with Gasteiger partial charge >= 0.3 is 0 Å². The maximum absolute atomic E-state index is 10.5. The lowest BCUT2D eigenvalue weighted by molar-refractivity contribution is -0.0658. The zero-order valence-electron chi connectivity index (χ0n) is 13.5. The van der Waals surface area contributed by atoms with Crippen molar-refractivity contribution in [2.45, 2.75) is 76.6 Å². The van der Waals surface area contributed by atoms with Crippen molar-refractivity contribution in [3.63, 3.8) is 0 Å². The number of rotatable bonds is 0. The lowest BCUT2D eigenvalue weighted by Crippen LogP contribution is -2.50. The Balaban J connectivity index is 1.68. The van der Waals surface area contributed by atoms with Crippen molar-refractivity contribution in [3.05, 3.63) is 11.6 Å². The average molecular weight is 307 g/mol. The van der Waals surface area contributed by atoms with Crippen LogP contribution in [0.5, 0.6) is 0 Å². The van der Waals surface area contributed by atoms with E-state index in [4.69, 9.17) is 12.6 Å². The summed E-state index contributed by atoms with van der Waals surface area (Å²) in [6.45, 7) is 4.92. The summed E-state index contributed by atoms with van der Waals surface area (Å²) in [6.07, 6.45) is 12.5. The molecule has 4 aliphatic carbocycles. The monoisotopic (exact) mass is 306 g/mol. The fraction of sp³-hybridized carbons (Fsp3) is 0.895. The number of fused-ring (bicyclic) bond motifs is 5. The predicted octanol–water partition coefficient (Wildman–Crippen LogP) is 4.61. The lowest BCUT2D eigenvalue weighted by atomic mass is 9.48. The molecule has 0 aromatic carbocycles. The Kier molecular flexibility index (Phi) is 3.32. The topological polar surface area (TPSA) is 20.2 Å². The molecule has 0 saturated heterocycles. The van der Waals surface area contributed by atoms with Crippen molar-refractivity contribution in [2.24, 2.45) is 28.6 Å². The number of hydrogen-bond acceptors (Lipinski definition) is 2. The summed E-state index contributed by atoms with van der Waals surface area (Å²) in [6, 6.07) is 0. The molecule has 0 radical (unpaired) electrons. The minimum atomic E-state index is -0.0465. The molecule has 0 aromatic heterocycles. The van der Waals surface area contributed by atoms with Crippen LogP contribution < -0.4 is 0 Å². The fourth-order valence-electron chi connectivity index (χ4n) is 6.61. The second-order valence-electron chi connectivity index (χ2n) is 8.79. The Morgan fingerprint density at radius 3 is 2.71 bits per heavy atom. The van der Waals surface area contributed by atoms with E-state index in [-0.39, 0.29) is 11.5 Å². The Labute approximate surface area is 135 Å². The molecule has 21 heavy (non-hydrogen) atoms. The third-order valence-corrected chi connectivity index (χ3v) is 8.47. The summed E-state index contributed by atoms with van der Waals surface area (Å²) in [5, 5.41) is 11.1. The van der Waals surface area contributed by atoms with Crippen molar-refractivity contribution in [1.82, 2.24) is 0 Å². The van der Waals surface area contributed by atoms with E-state index in [2.05, 4.69) is 19.9 Å². The van der Waals surface area contributed by atoms with Crippen molar-refractivity contribution in [2.75, 3.05) is 0 Å². The molecule has 1 nitrogen and oxygen atoms in total. The van der Waals surface area contributed by atoms with E-state index in [1.54, 1.807) is 5.57 Å². The molecule has 0 amide bonds. The van der Waals surface area contributed by atoms with Crippen molar-refractivity contribution >= 4 is 12.6 Å². The second-order valence-corrected chi connectivity index (χ2v) is 9.52. The highest BCUT2D eigenvalue weighted by Gasteiger charge is 2.58. The quantitative estimate of drug-likeness (QED) is 0.495. The van der Waals surface area contributed by atoms with Gasteiger partial charge in [0.2, 0.25) is 0 Å². The standard InChI is InChI=1S/C19H30OS/c1-18-9-7-13(21)11-12(18)3-4-14-15-5-6-17(20)19(15,2)10-8-16(14)18/h3,13-17,20-21H,4-11H2,1-2H3/t13?,14-,15-,16+,17?,18-,19-/m0/s1. The largest absolute Gasteiger partial charge is 0.393 e. The summed E-state index contributed by atoms with van der Waals surface area (Å²) in [5.74, 6) is 2.45. The van der Waals surface area contributed by atoms with E-state index < -0.39 is 0 Å².